The molecule has 0 bridgehead atoms. The fraction of sp³-hybridized carbons (Fsp3) is 0.0526. The molecule has 4 amide bonds. The molecular weight excluding hydrogens is 675 g/mol. The highest BCUT2D eigenvalue weighted by atomic mass is 35.5. The summed E-state index contributed by atoms with van der Waals surface area (Å²) in [7, 11) is 0. The van der Waals surface area contributed by atoms with E-state index in [1.165, 1.54) is 24.3 Å². The third-order valence-electron chi connectivity index (χ3n) is 7.35. The van der Waals surface area contributed by atoms with E-state index in [1.54, 1.807) is 111 Å². The van der Waals surface area contributed by atoms with Crippen LogP contribution < -0.4 is 21.5 Å². The SMILES string of the molecule is C/C(=N\NC(=O)c1ccc(C(=O)N/N=C(\C)c2cccc(NC(=O)c3ccc(Cl)cc3)c2)cc1)c1cccc(NC(=O)c2ccc(Cl)cc2)c1. The lowest BCUT2D eigenvalue weighted by Crippen LogP contribution is -2.21. The van der Waals surface area contributed by atoms with Crippen molar-refractivity contribution in [3.8, 4) is 0 Å². The third-order valence-corrected chi connectivity index (χ3v) is 7.85. The molecule has 0 atom stereocenters. The number of nitrogens with zero attached hydrogens (tertiary/aromatic N) is 2. The first kappa shape index (κ1) is 35.2. The summed E-state index contributed by atoms with van der Waals surface area (Å²) in [5.74, 6) is -1.52. The van der Waals surface area contributed by atoms with Gasteiger partial charge < -0.3 is 10.6 Å². The van der Waals surface area contributed by atoms with Crippen molar-refractivity contribution in [1.82, 2.24) is 10.9 Å². The topological polar surface area (TPSA) is 141 Å². The van der Waals surface area contributed by atoms with Crippen molar-refractivity contribution in [1.29, 1.82) is 0 Å². The van der Waals surface area contributed by atoms with Gasteiger partial charge in [-0.25, -0.2) is 10.9 Å². The Balaban J connectivity index is 1.14. The van der Waals surface area contributed by atoms with Crippen LogP contribution in [0, 0.1) is 0 Å². The van der Waals surface area contributed by atoms with Crippen molar-refractivity contribution in [2.75, 3.05) is 10.6 Å². The fourth-order valence-electron chi connectivity index (χ4n) is 4.55. The number of hydrogen-bond donors (Lipinski definition) is 4. The number of rotatable bonds is 10. The first-order chi connectivity index (χ1) is 24.0. The number of carbonyl (C=O) groups excluding carboxylic acids is 4. The molecule has 0 aromatic heterocycles. The largest absolute Gasteiger partial charge is 0.322 e. The summed E-state index contributed by atoms with van der Waals surface area (Å²) in [4.78, 5) is 50.7. The summed E-state index contributed by atoms with van der Waals surface area (Å²) in [6, 6.07) is 33.2. The van der Waals surface area contributed by atoms with Gasteiger partial charge >= 0.3 is 0 Å². The normalized spacial score (nSPS) is 11.4. The molecule has 5 aromatic rings. The summed E-state index contributed by atoms with van der Waals surface area (Å²) in [5.41, 5.74) is 10.1. The van der Waals surface area contributed by atoms with E-state index < -0.39 is 11.8 Å². The fourth-order valence-corrected chi connectivity index (χ4v) is 4.81. The second-order valence-corrected chi connectivity index (χ2v) is 11.8. The van der Waals surface area contributed by atoms with Crippen LogP contribution in [0.1, 0.15) is 66.4 Å². The maximum Gasteiger partial charge on any atom is 0.271 e. The maximum atomic E-state index is 12.8. The molecule has 0 aliphatic rings. The van der Waals surface area contributed by atoms with Gasteiger partial charge in [0.15, 0.2) is 0 Å². The highest BCUT2D eigenvalue weighted by molar-refractivity contribution is 6.31. The lowest BCUT2D eigenvalue weighted by molar-refractivity contribution is 0.0943. The van der Waals surface area contributed by atoms with E-state index in [4.69, 9.17) is 23.2 Å². The van der Waals surface area contributed by atoms with Crippen molar-refractivity contribution in [3.05, 3.63) is 165 Å². The number of amides is 4. The molecule has 5 aromatic carbocycles. The summed E-state index contributed by atoms with van der Waals surface area (Å²) in [6.45, 7) is 3.45. The number of carbonyl (C=O) groups is 4. The first-order valence-corrected chi connectivity index (χ1v) is 16.0. The molecule has 10 nitrogen and oxygen atoms in total. The molecule has 0 unspecified atom stereocenters. The lowest BCUT2D eigenvalue weighted by atomic mass is 10.1. The van der Waals surface area contributed by atoms with E-state index >= 15 is 0 Å². The zero-order valence-electron chi connectivity index (χ0n) is 26.8. The minimum atomic E-state index is -0.472. The Labute approximate surface area is 298 Å². The van der Waals surface area contributed by atoms with E-state index in [-0.39, 0.29) is 11.8 Å². The molecule has 0 aliphatic heterocycles. The van der Waals surface area contributed by atoms with Crippen molar-refractivity contribution >= 4 is 69.6 Å². The average molecular weight is 706 g/mol. The molecule has 250 valence electrons. The van der Waals surface area contributed by atoms with Gasteiger partial charge in [0, 0.05) is 43.7 Å². The first-order valence-electron chi connectivity index (χ1n) is 15.2. The summed E-state index contributed by atoms with van der Waals surface area (Å²) >= 11 is 11.8. The van der Waals surface area contributed by atoms with Crippen LogP contribution in [-0.2, 0) is 0 Å². The van der Waals surface area contributed by atoms with E-state index in [2.05, 4.69) is 31.7 Å². The molecule has 0 fully saturated rings. The second-order valence-electron chi connectivity index (χ2n) is 10.9. The predicted molar refractivity (Wildman–Crippen MR) is 197 cm³/mol. The highest BCUT2D eigenvalue weighted by Crippen LogP contribution is 2.17. The highest BCUT2D eigenvalue weighted by Gasteiger charge is 2.12. The van der Waals surface area contributed by atoms with Gasteiger partial charge in [0.25, 0.3) is 23.6 Å². The second kappa shape index (κ2) is 16.3. The van der Waals surface area contributed by atoms with Gasteiger partial charge in [-0.1, -0.05) is 47.5 Å². The molecule has 0 aliphatic carbocycles. The Kier molecular flexibility index (Phi) is 11.5. The van der Waals surface area contributed by atoms with Crippen LogP contribution in [0.5, 0.6) is 0 Å². The Morgan fingerprint density at radius 2 is 0.760 bits per heavy atom. The number of anilines is 2. The van der Waals surface area contributed by atoms with Crippen LogP contribution in [0.25, 0.3) is 0 Å². The van der Waals surface area contributed by atoms with E-state index in [0.717, 1.165) is 0 Å². The zero-order chi connectivity index (χ0) is 35.6. The van der Waals surface area contributed by atoms with Crippen LogP contribution in [0.3, 0.4) is 0 Å². The Morgan fingerprint density at radius 3 is 1.12 bits per heavy atom. The molecule has 4 N–H and O–H groups in total. The molecule has 50 heavy (non-hydrogen) atoms. The summed E-state index contributed by atoms with van der Waals surface area (Å²) in [5, 5.41) is 15.1. The average Bonchev–Trinajstić information content (AvgIpc) is 3.13. The summed E-state index contributed by atoms with van der Waals surface area (Å²) in [6.07, 6.45) is 0. The predicted octanol–water partition coefficient (Wildman–Crippen LogP) is 7.81. The Hall–Kier alpha value is -6.10. The number of benzene rings is 5. The standard InChI is InChI=1S/C38H30Cl2N6O4/c1-23(29-5-3-7-33(21-29)41-35(47)25-13-17-31(39)18-14-25)43-45-37(49)27-9-11-28(12-10-27)38(50)46-44-24(2)30-6-4-8-34(22-30)42-36(48)26-15-19-32(40)20-16-26/h3-22H,1-2H3,(H,41,47)(H,42,48)(H,45,49)(H,46,50)/b43-23+,44-24+. The van der Waals surface area contributed by atoms with Crippen LogP contribution >= 0.6 is 23.2 Å². The van der Waals surface area contributed by atoms with Crippen LogP contribution in [0.2, 0.25) is 10.0 Å². The number of nitrogens with one attached hydrogen (secondary N) is 4. The van der Waals surface area contributed by atoms with Gasteiger partial charge in [-0.15, -0.1) is 0 Å². The smallest absolute Gasteiger partial charge is 0.271 e. The zero-order valence-corrected chi connectivity index (χ0v) is 28.3. The summed E-state index contributed by atoms with van der Waals surface area (Å²) < 4.78 is 0. The van der Waals surface area contributed by atoms with Crippen molar-refractivity contribution in [2.24, 2.45) is 10.2 Å². The lowest BCUT2D eigenvalue weighted by Gasteiger charge is -2.09. The molecule has 5 rings (SSSR count). The van der Waals surface area contributed by atoms with Crippen LogP contribution in [0.15, 0.2) is 132 Å². The van der Waals surface area contributed by atoms with E-state index in [0.29, 0.717) is 66.2 Å². The number of hydrazone groups is 2. The monoisotopic (exact) mass is 704 g/mol. The molecule has 0 saturated carbocycles. The molecule has 0 saturated heterocycles. The Morgan fingerprint density at radius 1 is 0.440 bits per heavy atom. The Bertz CT molecular complexity index is 1960. The minimum Gasteiger partial charge on any atom is -0.322 e. The van der Waals surface area contributed by atoms with Gasteiger partial charge in [0.05, 0.1) is 11.4 Å². The quantitative estimate of drug-likeness (QED) is 0.0869. The molecule has 12 heteroatoms. The van der Waals surface area contributed by atoms with Crippen molar-refractivity contribution in [2.45, 2.75) is 13.8 Å². The number of halogens is 2. The third kappa shape index (κ3) is 9.50. The van der Waals surface area contributed by atoms with Crippen molar-refractivity contribution < 1.29 is 19.2 Å². The molecule has 0 heterocycles. The van der Waals surface area contributed by atoms with Crippen molar-refractivity contribution in [3.63, 3.8) is 0 Å². The van der Waals surface area contributed by atoms with Gasteiger partial charge in [-0.05, 0) is 122 Å². The van der Waals surface area contributed by atoms with E-state index in [1.807, 2.05) is 0 Å². The molecule has 0 spiro atoms. The van der Waals surface area contributed by atoms with Crippen LogP contribution in [0.4, 0.5) is 11.4 Å². The van der Waals surface area contributed by atoms with Gasteiger partial charge in [-0.3, -0.25) is 19.2 Å². The minimum absolute atomic E-state index is 0.288. The molecule has 0 radical (unpaired) electrons. The van der Waals surface area contributed by atoms with Crippen LogP contribution in [-0.4, -0.2) is 35.1 Å². The number of hydrogen-bond acceptors (Lipinski definition) is 6. The van der Waals surface area contributed by atoms with E-state index in [9.17, 15) is 19.2 Å². The van der Waals surface area contributed by atoms with Gasteiger partial charge in [0.2, 0.25) is 0 Å². The van der Waals surface area contributed by atoms with Gasteiger partial charge in [-0.2, -0.15) is 10.2 Å². The maximum absolute atomic E-state index is 12.8. The van der Waals surface area contributed by atoms with Gasteiger partial charge in [0.1, 0.15) is 0 Å². The molecular formula is C38H30Cl2N6O4.